The number of halogens is 1. The largest absolute Gasteiger partial charge is 0.459 e. The van der Waals surface area contributed by atoms with Gasteiger partial charge in [0.05, 0.1) is 11.8 Å². The van der Waals surface area contributed by atoms with E-state index < -0.39 is 5.97 Å². The smallest absolute Gasteiger partial charge is 0.326 e. The molecule has 1 aliphatic heterocycles. The van der Waals surface area contributed by atoms with Gasteiger partial charge >= 0.3 is 5.97 Å². The van der Waals surface area contributed by atoms with Gasteiger partial charge in [0.2, 0.25) is 11.8 Å². The second kappa shape index (κ2) is 6.54. The van der Waals surface area contributed by atoms with Gasteiger partial charge in [0.15, 0.2) is 0 Å². The molecule has 0 bridgehead atoms. The SMILES string of the molecule is O=C(CN1C(=O)C2CC=CCC2C1=O)OCc1ccc(Cl)cc1. The maximum atomic E-state index is 12.2. The summed E-state index contributed by atoms with van der Waals surface area (Å²) >= 11 is 5.79. The predicted octanol–water partition coefficient (Wildman–Crippen LogP) is 2.33. The van der Waals surface area contributed by atoms with Crippen LogP contribution < -0.4 is 0 Å². The molecule has 2 amide bonds. The molecule has 1 fully saturated rings. The van der Waals surface area contributed by atoms with Gasteiger partial charge in [0.1, 0.15) is 13.2 Å². The normalized spacial score (nSPS) is 23.1. The Morgan fingerprint density at radius 2 is 1.65 bits per heavy atom. The van der Waals surface area contributed by atoms with E-state index in [0.29, 0.717) is 17.9 Å². The average Bonchev–Trinajstić information content (AvgIpc) is 2.80. The Bertz CT molecular complexity index is 642. The number of hydrogen-bond donors (Lipinski definition) is 0. The fraction of sp³-hybridized carbons (Fsp3) is 0.353. The summed E-state index contributed by atoms with van der Waals surface area (Å²) in [5.74, 6) is -1.78. The van der Waals surface area contributed by atoms with Gasteiger partial charge in [-0.3, -0.25) is 19.3 Å². The van der Waals surface area contributed by atoms with E-state index in [1.54, 1.807) is 24.3 Å². The summed E-state index contributed by atoms with van der Waals surface area (Å²) in [5.41, 5.74) is 0.791. The van der Waals surface area contributed by atoms with Crippen molar-refractivity contribution in [2.75, 3.05) is 6.54 Å². The maximum absolute atomic E-state index is 12.2. The molecule has 23 heavy (non-hydrogen) atoms. The lowest BCUT2D eigenvalue weighted by molar-refractivity contribution is -0.153. The third kappa shape index (κ3) is 3.29. The van der Waals surface area contributed by atoms with E-state index in [2.05, 4.69) is 0 Å². The average molecular weight is 334 g/mol. The summed E-state index contributed by atoms with van der Waals surface area (Å²) in [6, 6.07) is 6.91. The first-order valence-corrected chi connectivity index (χ1v) is 7.84. The number of esters is 1. The standard InChI is InChI=1S/C17H16ClNO4/c18-12-7-5-11(6-8-12)10-23-15(20)9-19-16(21)13-3-1-2-4-14(13)17(19)22/h1-2,5-8,13-14H,3-4,9-10H2. The van der Waals surface area contributed by atoms with Crippen LogP contribution in [-0.2, 0) is 25.7 Å². The van der Waals surface area contributed by atoms with E-state index in [-0.39, 0.29) is 36.8 Å². The first-order chi connectivity index (χ1) is 11.1. The Morgan fingerprint density at radius 1 is 1.09 bits per heavy atom. The van der Waals surface area contributed by atoms with Crippen LogP contribution >= 0.6 is 11.6 Å². The van der Waals surface area contributed by atoms with Crippen molar-refractivity contribution in [2.45, 2.75) is 19.4 Å². The minimum absolute atomic E-state index is 0.0840. The molecule has 0 radical (unpaired) electrons. The second-order valence-corrected chi connectivity index (χ2v) is 6.14. The summed E-state index contributed by atoms with van der Waals surface area (Å²) < 4.78 is 5.14. The highest BCUT2D eigenvalue weighted by atomic mass is 35.5. The third-order valence-electron chi connectivity index (χ3n) is 4.20. The van der Waals surface area contributed by atoms with Gasteiger partial charge in [-0.05, 0) is 30.5 Å². The van der Waals surface area contributed by atoms with Gasteiger partial charge in [0.25, 0.3) is 0 Å². The molecule has 2 atom stereocenters. The first-order valence-electron chi connectivity index (χ1n) is 7.46. The van der Waals surface area contributed by atoms with Crippen molar-refractivity contribution in [3.63, 3.8) is 0 Å². The van der Waals surface area contributed by atoms with Crippen molar-refractivity contribution < 1.29 is 19.1 Å². The van der Waals surface area contributed by atoms with Crippen molar-refractivity contribution in [1.82, 2.24) is 4.90 Å². The lowest BCUT2D eigenvalue weighted by Gasteiger charge is -2.14. The summed E-state index contributed by atoms with van der Waals surface area (Å²) in [6.07, 6.45) is 4.94. The van der Waals surface area contributed by atoms with E-state index in [0.717, 1.165) is 10.5 Å². The second-order valence-electron chi connectivity index (χ2n) is 5.71. The number of carbonyl (C=O) groups is 3. The molecule has 1 saturated heterocycles. The number of nitrogens with zero attached hydrogens (tertiary/aromatic N) is 1. The fourth-order valence-corrected chi connectivity index (χ4v) is 3.07. The van der Waals surface area contributed by atoms with Crippen molar-refractivity contribution in [3.8, 4) is 0 Å². The molecule has 120 valence electrons. The molecule has 6 heteroatoms. The van der Waals surface area contributed by atoms with Crippen LogP contribution in [0.2, 0.25) is 5.02 Å². The molecular formula is C17H16ClNO4. The van der Waals surface area contributed by atoms with Gasteiger partial charge in [-0.15, -0.1) is 0 Å². The van der Waals surface area contributed by atoms with Gasteiger partial charge in [-0.1, -0.05) is 35.9 Å². The Labute approximate surface area is 138 Å². The molecule has 0 aromatic heterocycles. The van der Waals surface area contributed by atoms with Crippen LogP contribution in [-0.4, -0.2) is 29.2 Å². The van der Waals surface area contributed by atoms with Crippen molar-refractivity contribution in [3.05, 3.63) is 47.0 Å². The number of benzene rings is 1. The summed E-state index contributed by atoms with van der Waals surface area (Å²) in [4.78, 5) is 37.5. The summed E-state index contributed by atoms with van der Waals surface area (Å²) in [7, 11) is 0. The summed E-state index contributed by atoms with van der Waals surface area (Å²) in [6.45, 7) is -0.237. The number of amides is 2. The van der Waals surface area contributed by atoms with Crippen LogP contribution in [0.5, 0.6) is 0 Å². The zero-order valence-electron chi connectivity index (χ0n) is 12.4. The fourth-order valence-electron chi connectivity index (χ4n) is 2.94. The van der Waals surface area contributed by atoms with Crippen LogP contribution in [0.25, 0.3) is 0 Å². The number of hydrogen-bond acceptors (Lipinski definition) is 4. The number of carbonyl (C=O) groups excluding carboxylic acids is 3. The number of rotatable bonds is 4. The number of ether oxygens (including phenoxy) is 1. The Kier molecular flexibility index (Phi) is 4.48. The van der Waals surface area contributed by atoms with E-state index in [1.165, 1.54) is 0 Å². The van der Waals surface area contributed by atoms with Crippen LogP contribution in [0, 0.1) is 11.8 Å². The molecule has 1 aliphatic carbocycles. The Hall–Kier alpha value is -2.14. The van der Waals surface area contributed by atoms with Crippen molar-refractivity contribution in [1.29, 1.82) is 0 Å². The van der Waals surface area contributed by atoms with Crippen LogP contribution in [0.3, 0.4) is 0 Å². The van der Waals surface area contributed by atoms with Crippen molar-refractivity contribution in [2.24, 2.45) is 11.8 Å². The maximum Gasteiger partial charge on any atom is 0.326 e. The zero-order chi connectivity index (χ0) is 16.4. The molecule has 2 aliphatic rings. The van der Waals surface area contributed by atoms with Crippen LogP contribution in [0.4, 0.5) is 0 Å². The Morgan fingerprint density at radius 3 is 2.22 bits per heavy atom. The Balaban J connectivity index is 1.56. The van der Waals surface area contributed by atoms with E-state index in [4.69, 9.17) is 16.3 Å². The number of fused-ring (bicyclic) bond motifs is 1. The van der Waals surface area contributed by atoms with E-state index in [1.807, 2.05) is 12.2 Å². The summed E-state index contributed by atoms with van der Waals surface area (Å²) in [5, 5.41) is 0.601. The minimum atomic E-state index is -0.590. The molecule has 1 heterocycles. The van der Waals surface area contributed by atoms with Gasteiger partial charge in [0, 0.05) is 5.02 Å². The molecule has 3 rings (SSSR count). The molecular weight excluding hydrogens is 318 g/mol. The lowest BCUT2D eigenvalue weighted by atomic mass is 9.85. The highest BCUT2D eigenvalue weighted by molar-refractivity contribution is 6.30. The van der Waals surface area contributed by atoms with E-state index >= 15 is 0 Å². The number of imide groups is 1. The molecule has 5 nitrogen and oxygen atoms in total. The van der Waals surface area contributed by atoms with Crippen molar-refractivity contribution >= 4 is 29.4 Å². The molecule has 1 aromatic carbocycles. The van der Waals surface area contributed by atoms with Crippen LogP contribution in [0.1, 0.15) is 18.4 Å². The predicted molar refractivity (Wildman–Crippen MR) is 83.3 cm³/mol. The topological polar surface area (TPSA) is 63.7 Å². The molecule has 0 saturated carbocycles. The third-order valence-corrected chi connectivity index (χ3v) is 4.45. The molecule has 1 aromatic rings. The van der Waals surface area contributed by atoms with Crippen LogP contribution in [0.15, 0.2) is 36.4 Å². The van der Waals surface area contributed by atoms with Gasteiger partial charge < -0.3 is 4.74 Å². The molecule has 0 spiro atoms. The van der Waals surface area contributed by atoms with Gasteiger partial charge in [-0.25, -0.2) is 0 Å². The molecule has 2 unspecified atom stereocenters. The highest BCUT2D eigenvalue weighted by Crippen LogP contribution is 2.34. The number of allylic oxidation sites excluding steroid dienone is 2. The lowest BCUT2D eigenvalue weighted by Crippen LogP contribution is -2.36. The zero-order valence-corrected chi connectivity index (χ0v) is 13.2. The van der Waals surface area contributed by atoms with Gasteiger partial charge in [-0.2, -0.15) is 0 Å². The number of likely N-dealkylation sites (tertiary alicyclic amines) is 1. The quantitative estimate of drug-likeness (QED) is 0.482. The highest BCUT2D eigenvalue weighted by Gasteiger charge is 2.47. The molecule has 0 N–H and O–H groups in total. The van der Waals surface area contributed by atoms with E-state index in [9.17, 15) is 14.4 Å². The monoisotopic (exact) mass is 333 g/mol. The minimum Gasteiger partial charge on any atom is -0.459 e. The first kappa shape index (κ1) is 15.7.